The van der Waals surface area contributed by atoms with Crippen LogP contribution in [0.5, 0.6) is 0 Å². The van der Waals surface area contributed by atoms with E-state index in [1.807, 2.05) is 16.8 Å². The molecule has 14 heavy (non-hydrogen) atoms. The van der Waals surface area contributed by atoms with Crippen molar-refractivity contribution in [2.24, 2.45) is 0 Å². The summed E-state index contributed by atoms with van der Waals surface area (Å²) in [6.45, 7) is 0. The Morgan fingerprint density at radius 2 is 2.14 bits per heavy atom. The summed E-state index contributed by atoms with van der Waals surface area (Å²) < 4.78 is 12.7. The number of rotatable bonds is 2. The Kier molecular flexibility index (Phi) is 2.37. The van der Waals surface area contributed by atoms with Gasteiger partial charge in [-0.2, -0.15) is 11.3 Å². The van der Waals surface area contributed by atoms with E-state index in [1.54, 1.807) is 17.4 Å². The molecule has 0 aliphatic heterocycles. The first kappa shape index (κ1) is 9.02. The van der Waals surface area contributed by atoms with Gasteiger partial charge in [0.15, 0.2) is 0 Å². The SMILES string of the molecule is Nc1cc(F)ccc1Nc1ccsc1. The van der Waals surface area contributed by atoms with Crippen molar-refractivity contribution in [3.05, 3.63) is 40.8 Å². The second-order valence-electron chi connectivity index (χ2n) is 2.87. The van der Waals surface area contributed by atoms with Gasteiger partial charge in [0.2, 0.25) is 0 Å². The lowest BCUT2D eigenvalue weighted by atomic mass is 10.2. The van der Waals surface area contributed by atoms with E-state index in [2.05, 4.69) is 5.32 Å². The van der Waals surface area contributed by atoms with Crippen molar-refractivity contribution < 1.29 is 4.39 Å². The zero-order valence-electron chi connectivity index (χ0n) is 7.33. The van der Waals surface area contributed by atoms with E-state index in [9.17, 15) is 4.39 Å². The number of nitrogen functional groups attached to an aromatic ring is 1. The zero-order valence-corrected chi connectivity index (χ0v) is 8.14. The molecule has 0 aliphatic rings. The standard InChI is InChI=1S/C10H9FN2S/c11-7-1-2-10(9(12)5-7)13-8-3-4-14-6-8/h1-6,13H,12H2. The predicted octanol–water partition coefficient (Wildman–Crippen LogP) is 3.21. The fourth-order valence-corrected chi connectivity index (χ4v) is 1.73. The second-order valence-corrected chi connectivity index (χ2v) is 3.65. The van der Waals surface area contributed by atoms with Gasteiger partial charge in [0, 0.05) is 11.1 Å². The van der Waals surface area contributed by atoms with Gasteiger partial charge in [0.25, 0.3) is 0 Å². The summed E-state index contributed by atoms with van der Waals surface area (Å²) in [4.78, 5) is 0. The average molecular weight is 208 g/mol. The Morgan fingerprint density at radius 3 is 2.79 bits per heavy atom. The fraction of sp³-hybridized carbons (Fsp3) is 0. The lowest BCUT2D eigenvalue weighted by Crippen LogP contribution is -1.95. The molecule has 1 aromatic heterocycles. The molecule has 0 bridgehead atoms. The van der Waals surface area contributed by atoms with Crippen molar-refractivity contribution in [1.29, 1.82) is 0 Å². The quantitative estimate of drug-likeness (QED) is 0.744. The number of nitrogens with one attached hydrogen (secondary N) is 1. The molecule has 0 aliphatic carbocycles. The molecule has 2 rings (SSSR count). The lowest BCUT2D eigenvalue weighted by molar-refractivity contribution is 0.628. The van der Waals surface area contributed by atoms with Gasteiger partial charge >= 0.3 is 0 Å². The number of halogens is 1. The number of hydrogen-bond acceptors (Lipinski definition) is 3. The van der Waals surface area contributed by atoms with Crippen molar-refractivity contribution in [2.75, 3.05) is 11.1 Å². The smallest absolute Gasteiger partial charge is 0.125 e. The predicted molar refractivity (Wildman–Crippen MR) is 58.4 cm³/mol. The van der Waals surface area contributed by atoms with Crippen molar-refractivity contribution >= 4 is 28.4 Å². The van der Waals surface area contributed by atoms with Crippen LogP contribution in [0.3, 0.4) is 0 Å². The van der Waals surface area contributed by atoms with Crippen LogP contribution in [-0.2, 0) is 0 Å². The van der Waals surface area contributed by atoms with Crippen LogP contribution in [0.25, 0.3) is 0 Å². The minimum atomic E-state index is -0.321. The van der Waals surface area contributed by atoms with Crippen molar-refractivity contribution in [3.8, 4) is 0 Å². The van der Waals surface area contributed by atoms with Crippen LogP contribution in [0, 0.1) is 5.82 Å². The first-order valence-electron chi connectivity index (χ1n) is 4.10. The number of anilines is 3. The molecule has 3 N–H and O–H groups in total. The minimum Gasteiger partial charge on any atom is -0.397 e. The summed E-state index contributed by atoms with van der Waals surface area (Å²) in [6, 6.07) is 6.25. The average Bonchev–Trinajstić information content (AvgIpc) is 2.62. The van der Waals surface area contributed by atoms with Gasteiger partial charge in [-0.3, -0.25) is 0 Å². The summed E-state index contributed by atoms with van der Waals surface area (Å²) in [5.41, 5.74) is 7.74. The van der Waals surface area contributed by atoms with E-state index in [4.69, 9.17) is 5.73 Å². The summed E-state index contributed by atoms with van der Waals surface area (Å²) in [6.07, 6.45) is 0. The first-order valence-corrected chi connectivity index (χ1v) is 5.04. The second kappa shape index (κ2) is 3.67. The van der Waals surface area contributed by atoms with Crippen LogP contribution in [0.2, 0.25) is 0 Å². The molecule has 0 spiro atoms. The molecule has 0 radical (unpaired) electrons. The molecule has 0 saturated heterocycles. The Bertz CT molecular complexity index is 426. The van der Waals surface area contributed by atoms with Crippen LogP contribution in [0.15, 0.2) is 35.0 Å². The van der Waals surface area contributed by atoms with Crippen LogP contribution in [-0.4, -0.2) is 0 Å². The molecule has 0 fully saturated rings. The van der Waals surface area contributed by atoms with E-state index in [0.717, 1.165) is 11.4 Å². The molecular formula is C10H9FN2S. The highest BCUT2D eigenvalue weighted by Crippen LogP contribution is 2.24. The maximum Gasteiger partial charge on any atom is 0.125 e. The van der Waals surface area contributed by atoms with Crippen molar-refractivity contribution in [3.63, 3.8) is 0 Å². The van der Waals surface area contributed by atoms with Gasteiger partial charge in [-0.1, -0.05) is 0 Å². The first-order chi connectivity index (χ1) is 6.75. The molecule has 1 heterocycles. The summed E-state index contributed by atoms with van der Waals surface area (Å²) in [5, 5.41) is 7.02. The number of nitrogens with two attached hydrogens (primary N) is 1. The van der Waals surface area contributed by atoms with Gasteiger partial charge in [0.05, 0.1) is 11.4 Å². The monoisotopic (exact) mass is 208 g/mol. The Labute approximate surface area is 85.2 Å². The maximum absolute atomic E-state index is 12.7. The topological polar surface area (TPSA) is 38.0 Å². The number of benzene rings is 1. The Balaban J connectivity index is 2.25. The highest BCUT2D eigenvalue weighted by Gasteiger charge is 2.00. The van der Waals surface area contributed by atoms with E-state index in [-0.39, 0.29) is 5.82 Å². The van der Waals surface area contributed by atoms with E-state index < -0.39 is 0 Å². The van der Waals surface area contributed by atoms with E-state index >= 15 is 0 Å². The van der Waals surface area contributed by atoms with Crippen LogP contribution >= 0.6 is 11.3 Å². The summed E-state index contributed by atoms with van der Waals surface area (Å²) in [5.74, 6) is -0.321. The van der Waals surface area contributed by atoms with Crippen LogP contribution in [0.1, 0.15) is 0 Å². The molecule has 2 nitrogen and oxygen atoms in total. The fourth-order valence-electron chi connectivity index (χ4n) is 1.14. The minimum absolute atomic E-state index is 0.321. The largest absolute Gasteiger partial charge is 0.397 e. The van der Waals surface area contributed by atoms with E-state index in [1.165, 1.54) is 12.1 Å². The van der Waals surface area contributed by atoms with E-state index in [0.29, 0.717) is 5.69 Å². The van der Waals surface area contributed by atoms with Crippen molar-refractivity contribution in [2.45, 2.75) is 0 Å². The molecule has 0 saturated carbocycles. The number of hydrogen-bond donors (Lipinski definition) is 2. The molecular weight excluding hydrogens is 199 g/mol. The maximum atomic E-state index is 12.7. The summed E-state index contributed by atoms with van der Waals surface area (Å²) in [7, 11) is 0. The van der Waals surface area contributed by atoms with Crippen molar-refractivity contribution in [1.82, 2.24) is 0 Å². The normalized spacial score (nSPS) is 10.1. The third-order valence-electron chi connectivity index (χ3n) is 1.81. The highest BCUT2D eigenvalue weighted by atomic mass is 32.1. The molecule has 2 aromatic rings. The molecule has 1 aromatic carbocycles. The Hall–Kier alpha value is -1.55. The molecule has 0 amide bonds. The zero-order chi connectivity index (χ0) is 9.97. The highest BCUT2D eigenvalue weighted by molar-refractivity contribution is 7.08. The van der Waals surface area contributed by atoms with Gasteiger partial charge in [-0.25, -0.2) is 4.39 Å². The molecule has 0 atom stereocenters. The number of thiophene rings is 1. The molecule has 0 unspecified atom stereocenters. The summed E-state index contributed by atoms with van der Waals surface area (Å²) >= 11 is 1.59. The van der Waals surface area contributed by atoms with Crippen LogP contribution < -0.4 is 11.1 Å². The Morgan fingerprint density at radius 1 is 1.29 bits per heavy atom. The van der Waals surface area contributed by atoms with Gasteiger partial charge in [0.1, 0.15) is 5.82 Å². The van der Waals surface area contributed by atoms with Gasteiger partial charge in [-0.05, 0) is 29.6 Å². The van der Waals surface area contributed by atoms with Crippen LogP contribution in [0.4, 0.5) is 21.5 Å². The molecule has 4 heteroatoms. The lowest BCUT2D eigenvalue weighted by Gasteiger charge is -2.06. The van der Waals surface area contributed by atoms with Gasteiger partial charge < -0.3 is 11.1 Å². The van der Waals surface area contributed by atoms with Gasteiger partial charge in [-0.15, -0.1) is 0 Å². The third-order valence-corrected chi connectivity index (χ3v) is 2.50. The third kappa shape index (κ3) is 1.85. The molecule has 72 valence electrons.